The van der Waals surface area contributed by atoms with E-state index in [1.165, 1.54) is 17.0 Å². The van der Waals surface area contributed by atoms with E-state index in [0.717, 1.165) is 0 Å². The molecule has 0 unspecified atom stereocenters. The number of nitrogens with one attached hydrogen (secondary N) is 1. The molecule has 0 spiro atoms. The summed E-state index contributed by atoms with van der Waals surface area (Å²) in [4.78, 5) is 12.9. The van der Waals surface area contributed by atoms with E-state index in [0.29, 0.717) is 11.3 Å². The summed E-state index contributed by atoms with van der Waals surface area (Å²) in [6.07, 6.45) is 0. The average Bonchev–Trinajstić information content (AvgIpc) is 2.29. The SMILES string of the molecule is CN(CCO)C(=O)Nc1ccc(C#N)c(Cl)c1. The molecule has 0 aliphatic carbocycles. The molecular formula is C11H12ClN3O2. The largest absolute Gasteiger partial charge is 0.395 e. The van der Waals surface area contributed by atoms with Gasteiger partial charge in [-0.25, -0.2) is 4.79 Å². The number of likely N-dealkylation sites (N-methyl/N-ethyl adjacent to an activating group) is 1. The zero-order chi connectivity index (χ0) is 12.8. The van der Waals surface area contributed by atoms with Gasteiger partial charge in [-0.1, -0.05) is 11.6 Å². The summed E-state index contributed by atoms with van der Waals surface area (Å²) >= 11 is 5.83. The van der Waals surface area contributed by atoms with Gasteiger partial charge in [0.2, 0.25) is 0 Å². The molecule has 6 heteroatoms. The van der Waals surface area contributed by atoms with Crippen LogP contribution in [-0.2, 0) is 0 Å². The normalized spacial score (nSPS) is 9.53. The number of aliphatic hydroxyl groups is 1. The molecule has 1 aromatic carbocycles. The Balaban J connectivity index is 2.73. The minimum Gasteiger partial charge on any atom is -0.395 e. The van der Waals surface area contributed by atoms with Crippen LogP contribution in [0.25, 0.3) is 0 Å². The lowest BCUT2D eigenvalue weighted by Gasteiger charge is -2.16. The van der Waals surface area contributed by atoms with Gasteiger partial charge in [-0.15, -0.1) is 0 Å². The van der Waals surface area contributed by atoms with E-state index in [1.807, 2.05) is 6.07 Å². The number of hydrogen-bond acceptors (Lipinski definition) is 3. The van der Waals surface area contributed by atoms with Crippen molar-refractivity contribution >= 4 is 23.3 Å². The Labute approximate surface area is 104 Å². The molecule has 0 saturated carbocycles. The monoisotopic (exact) mass is 253 g/mol. The number of urea groups is 1. The lowest BCUT2D eigenvalue weighted by molar-refractivity contribution is 0.202. The van der Waals surface area contributed by atoms with Gasteiger partial charge in [0.1, 0.15) is 6.07 Å². The molecular weight excluding hydrogens is 242 g/mol. The van der Waals surface area contributed by atoms with Crippen LogP contribution >= 0.6 is 11.6 Å². The van der Waals surface area contributed by atoms with Crippen molar-refractivity contribution in [2.75, 3.05) is 25.5 Å². The predicted octanol–water partition coefficient (Wildman–Crippen LogP) is 1.67. The number of nitriles is 1. The number of carbonyl (C=O) groups is 1. The van der Waals surface area contributed by atoms with Crippen molar-refractivity contribution in [1.82, 2.24) is 4.90 Å². The molecule has 0 radical (unpaired) electrons. The van der Waals surface area contributed by atoms with Crippen LogP contribution in [0, 0.1) is 11.3 Å². The first-order valence-corrected chi connectivity index (χ1v) is 5.29. The third kappa shape index (κ3) is 3.63. The fourth-order valence-electron chi connectivity index (χ4n) is 1.15. The molecule has 0 aliphatic rings. The lowest BCUT2D eigenvalue weighted by Crippen LogP contribution is -2.33. The predicted molar refractivity (Wildman–Crippen MR) is 64.9 cm³/mol. The summed E-state index contributed by atoms with van der Waals surface area (Å²) in [5, 5.41) is 20.3. The maximum atomic E-state index is 11.6. The van der Waals surface area contributed by atoms with Crippen LogP contribution in [0.1, 0.15) is 5.56 Å². The zero-order valence-corrected chi connectivity index (χ0v) is 10.0. The Kier molecular flexibility index (Phi) is 4.76. The van der Waals surface area contributed by atoms with E-state index in [2.05, 4.69) is 5.32 Å². The summed E-state index contributed by atoms with van der Waals surface area (Å²) in [5.41, 5.74) is 0.858. The summed E-state index contributed by atoms with van der Waals surface area (Å²) in [5.74, 6) is 0. The molecule has 5 nitrogen and oxygen atoms in total. The Hall–Kier alpha value is -1.77. The lowest BCUT2D eigenvalue weighted by atomic mass is 10.2. The Morgan fingerprint density at radius 2 is 2.35 bits per heavy atom. The van der Waals surface area contributed by atoms with E-state index in [9.17, 15) is 4.79 Å². The fraction of sp³-hybridized carbons (Fsp3) is 0.273. The fourth-order valence-corrected chi connectivity index (χ4v) is 1.38. The van der Waals surface area contributed by atoms with E-state index in [-0.39, 0.29) is 24.2 Å². The highest BCUT2D eigenvalue weighted by Crippen LogP contribution is 2.20. The molecule has 2 N–H and O–H groups in total. The minimum atomic E-state index is -0.347. The van der Waals surface area contributed by atoms with Crippen molar-refractivity contribution in [3.05, 3.63) is 28.8 Å². The van der Waals surface area contributed by atoms with E-state index < -0.39 is 0 Å². The molecule has 0 aromatic heterocycles. The Bertz CT molecular complexity index is 457. The van der Waals surface area contributed by atoms with Gasteiger partial charge in [-0.3, -0.25) is 0 Å². The third-order valence-electron chi connectivity index (χ3n) is 2.12. The molecule has 17 heavy (non-hydrogen) atoms. The quantitative estimate of drug-likeness (QED) is 0.860. The van der Waals surface area contributed by atoms with Crippen molar-refractivity contribution in [3.8, 4) is 6.07 Å². The zero-order valence-electron chi connectivity index (χ0n) is 9.27. The smallest absolute Gasteiger partial charge is 0.321 e. The summed E-state index contributed by atoms with van der Waals surface area (Å²) < 4.78 is 0. The second-order valence-electron chi connectivity index (χ2n) is 3.38. The van der Waals surface area contributed by atoms with Gasteiger partial charge in [-0.2, -0.15) is 5.26 Å². The summed E-state index contributed by atoms with van der Waals surface area (Å²) in [6.45, 7) is 0.147. The molecule has 0 heterocycles. The Morgan fingerprint density at radius 3 is 2.88 bits per heavy atom. The number of anilines is 1. The maximum Gasteiger partial charge on any atom is 0.321 e. The molecule has 2 amide bonds. The molecule has 0 fully saturated rings. The third-order valence-corrected chi connectivity index (χ3v) is 2.44. The van der Waals surface area contributed by atoms with Crippen molar-refractivity contribution in [2.45, 2.75) is 0 Å². The number of hydrogen-bond donors (Lipinski definition) is 2. The van der Waals surface area contributed by atoms with Gasteiger partial charge in [0, 0.05) is 19.3 Å². The van der Waals surface area contributed by atoms with Gasteiger partial charge in [0.25, 0.3) is 0 Å². The van der Waals surface area contributed by atoms with E-state index in [4.69, 9.17) is 22.0 Å². The van der Waals surface area contributed by atoms with Crippen LogP contribution in [-0.4, -0.2) is 36.2 Å². The first kappa shape index (κ1) is 13.3. The number of rotatable bonds is 3. The summed E-state index contributed by atoms with van der Waals surface area (Å²) in [7, 11) is 1.57. The number of halogens is 1. The minimum absolute atomic E-state index is 0.0992. The molecule has 1 aromatic rings. The molecule has 1 rings (SSSR count). The van der Waals surface area contributed by atoms with E-state index >= 15 is 0 Å². The number of aliphatic hydroxyl groups excluding tert-OH is 1. The molecule has 0 bridgehead atoms. The van der Waals surface area contributed by atoms with Crippen molar-refractivity contribution < 1.29 is 9.90 Å². The molecule has 90 valence electrons. The maximum absolute atomic E-state index is 11.6. The Morgan fingerprint density at radius 1 is 1.65 bits per heavy atom. The first-order chi connectivity index (χ1) is 8.08. The van der Waals surface area contributed by atoms with Crippen molar-refractivity contribution in [3.63, 3.8) is 0 Å². The highest BCUT2D eigenvalue weighted by molar-refractivity contribution is 6.32. The second kappa shape index (κ2) is 6.09. The van der Waals surface area contributed by atoms with Crippen LogP contribution < -0.4 is 5.32 Å². The van der Waals surface area contributed by atoms with Crippen LogP contribution in [0.3, 0.4) is 0 Å². The molecule has 0 atom stereocenters. The van der Waals surface area contributed by atoms with Gasteiger partial charge in [0.05, 0.1) is 17.2 Å². The standard InChI is InChI=1S/C11H12ClN3O2/c1-15(4-5-16)11(17)14-9-3-2-8(7-13)10(12)6-9/h2-3,6,16H,4-5H2,1H3,(H,14,17). The topological polar surface area (TPSA) is 76.4 Å². The number of carbonyl (C=O) groups excluding carboxylic acids is 1. The van der Waals surface area contributed by atoms with Gasteiger partial charge < -0.3 is 15.3 Å². The van der Waals surface area contributed by atoms with E-state index in [1.54, 1.807) is 13.1 Å². The highest BCUT2D eigenvalue weighted by atomic mass is 35.5. The number of amides is 2. The first-order valence-electron chi connectivity index (χ1n) is 4.91. The number of nitrogens with zero attached hydrogens (tertiary/aromatic N) is 2. The second-order valence-corrected chi connectivity index (χ2v) is 3.79. The highest BCUT2D eigenvalue weighted by Gasteiger charge is 2.08. The summed E-state index contributed by atoms with van der Waals surface area (Å²) in [6, 6.07) is 6.21. The van der Waals surface area contributed by atoms with Crippen LogP contribution in [0.5, 0.6) is 0 Å². The van der Waals surface area contributed by atoms with Crippen molar-refractivity contribution in [1.29, 1.82) is 5.26 Å². The van der Waals surface area contributed by atoms with Crippen LogP contribution in [0.4, 0.5) is 10.5 Å². The van der Waals surface area contributed by atoms with Gasteiger partial charge in [-0.05, 0) is 18.2 Å². The molecule has 0 saturated heterocycles. The van der Waals surface area contributed by atoms with Gasteiger partial charge in [0.15, 0.2) is 0 Å². The van der Waals surface area contributed by atoms with Crippen LogP contribution in [0.2, 0.25) is 5.02 Å². The van der Waals surface area contributed by atoms with Crippen LogP contribution in [0.15, 0.2) is 18.2 Å². The number of benzene rings is 1. The average molecular weight is 254 g/mol. The molecule has 0 aliphatic heterocycles. The van der Waals surface area contributed by atoms with Crippen molar-refractivity contribution in [2.24, 2.45) is 0 Å². The van der Waals surface area contributed by atoms with Gasteiger partial charge >= 0.3 is 6.03 Å².